The minimum Gasteiger partial charge on any atom is -0.391 e. The lowest BCUT2D eigenvalue weighted by Crippen LogP contribution is -2.52. The molecule has 0 unspecified atom stereocenters. The summed E-state index contributed by atoms with van der Waals surface area (Å²) < 4.78 is 0. The SMILES string of the molecule is CN1C(=O)C(N)=C(N)N2CC3(CCCC3)N=C12. The number of aliphatic imine (C=N–C) groups is 1. The van der Waals surface area contributed by atoms with E-state index in [-0.39, 0.29) is 17.1 Å². The largest absolute Gasteiger partial charge is 0.391 e. The summed E-state index contributed by atoms with van der Waals surface area (Å²) in [7, 11) is 1.70. The Bertz CT molecular complexity index is 447. The van der Waals surface area contributed by atoms with Gasteiger partial charge in [-0.1, -0.05) is 12.8 Å². The van der Waals surface area contributed by atoms with E-state index < -0.39 is 0 Å². The fourth-order valence-corrected chi connectivity index (χ4v) is 2.95. The topological polar surface area (TPSA) is 87.9 Å². The number of carbonyl (C=O) groups excluding carboxylic acids is 1. The Hall–Kier alpha value is -1.72. The fraction of sp³-hybridized carbons (Fsp3) is 0.636. The molecule has 0 aromatic heterocycles. The molecular weight excluding hydrogens is 218 g/mol. The van der Waals surface area contributed by atoms with Crippen LogP contribution in [0.4, 0.5) is 0 Å². The Morgan fingerprint density at radius 2 is 1.94 bits per heavy atom. The molecule has 92 valence electrons. The van der Waals surface area contributed by atoms with Gasteiger partial charge in [0.25, 0.3) is 5.91 Å². The van der Waals surface area contributed by atoms with Gasteiger partial charge in [0.2, 0.25) is 5.96 Å². The zero-order chi connectivity index (χ0) is 12.2. The number of guanidine groups is 1. The van der Waals surface area contributed by atoms with Crippen molar-refractivity contribution in [2.24, 2.45) is 16.5 Å². The summed E-state index contributed by atoms with van der Waals surface area (Å²) in [5, 5.41) is 0. The maximum atomic E-state index is 11.8. The quantitative estimate of drug-likeness (QED) is 0.594. The van der Waals surface area contributed by atoms with Gasteiger partial charge in [-0.2, -0.15) is 0 Å². The first-order valence-corrected chi connectivity index (χ1v) is 5.95. The van der Waals surface area contributed by atoms with Crippen LogP contribution in [0, 0.1) is 0 Å². The van der Waals surface area contributed by atoms with Crippen molar-refractivity contribution in [2.45, 2.75) is 31.2 Å². The summed E-state index contributed by atoms with van der Waals surface area (Å²) >= 11 is 0. The Morgan fingerprint density at radius 1 is 1.29 bits per heavy atom. The molecule has 1 amide bonds. The number of carbonyl (C=O) groups is 1. The first kappa shape index (κ1) is 10.4. The van der Waals surface area contributed by atoms with Crippen molar-refractivity contribution in [1.29, 1.82) is 0 Å². The van der Waals surface area contributed by atoms with Gasteiger partial charge in [-0.05, 0) is 12.8 Å². The van der Waals surface area contributed by atoms with Gasteiger partial charge in [-0.25, -0.2) is 4.99 Å². The van der Waals surface area contributed by atoms with Crippen LogP contribution in [0.15, 0.2) is 16.5 Å². The Labute approximate surface area is 99.9 Å². The Morgan fingerprint density at radius 3 is 2.59 bits per heavy atom. The Kier molecular flexibility index (Phi) is 1.93. The highest BCUT2D eigenvalue weighted by Crippen LogP contribution is 2.39. The minimum atomic E-state index is -0.257. The van der Waals surface area contributed by atoms with E-state index in [1.807, 2.05) is 4.90 Å². The molecule has 17 heavy (non-hydrogen) atoms. The highest BCUT2D eigenvalue weighted by atomic mass is 16.2. The van der Waals surface area contributed by atoms with Crippen molar-refractivity contribution >= 4 is 11.9 Å². The summed E-state index contributed by atoms with van der Waals surface area (Å²) in [5.41, 5.74) is 11.7. The van der Waals surface area contributed by atoms with Crippen molar-refractivity contribution in [2.75, 3.05) is 13.6 Å². The molecule has 0 bridgehead atoms. The summed E-state index contributed by atoms with van der Waals surface area (Å²) in [6.45, 7) is 0.756. The second-order valence-electron chi connectivity index (χ2n) is 5.09. The molecule has 1 spiro atoms. The number of likely N-dealkylation sites (N-methyl/N-ethyl adjacent to an activating group) is 1. The van der Waals surface area contributed by atoms with Crippen LogP contribution in [0.25, 0.3) is 0 Å². The predicted molar refractivity (Wildman–Crippen MR) is 63.5 cm³/mol. The van der Waals surface area contributed by atoms with Crippen molar-refractivity contribution < 1.29 is 4.79 Å². The van der Waals surface area contributed by atoms with Gasteiger partial charge < -0.3 is 11.5 Å². The average Bonchev–Trinajstić information content (AvgIpc) is 2.92. The van der Waals surface area contributed by atoms with E-state index in [2.05, 4.69) is 0 Å². The number of hydrogen-bond acceptors (Lipinski definition) is 5. The summed E-state index contributed by atoms with van der Waals surface area (Å²) in [5.74, 6) is 0.756. The average molecular weight is 235 g/mol. The Balaban J connectivity index is 2.04. The first-order chi connectivity index (χ1) is 8.04. The standard InChI is InChI=1S/C11H17N5O/c1-15-9(17)7(12)8(13)16-6-11(14-10(15)16)4-2-3-5-11/h2-6,12-13H2,1H3. The fourth-order valence-electron chi connectivity index (χ4n) is 2.95. The van der Waals surface area contributed by atoms with Gasteiger partial charge in [-0.15, -0.1) is 0 Å². The molecule has 0 atom stereocenters. The van der Waals surface area contributed by atoms with E-state index in [1.54, 1.807) is 7.05 Å². The molecule has 2 heterocycles. The van der Waals surface area contributed by atoms with Crippen LogP contribution in [0.2, 0.25) is 0 Å². The third kappa shape index (κ3) is 1.26. The van der Waals surface area contributed by atoms with E-state index in [1.165, 1.54) is 17.7 Å². The highest BCUT2D eigenvalue weighted by molar-refractivity contribution is 6.08. The molecule has 0 saturated heterocycles. The summed E-state index contributed by atoms with van der Waals surface area (Å²) in [6, 6.07) is 0. The van der Waals surface area contributed by atoms with Crippen LogP contribution >= 0.6 is 0 Å². The molecule has 6 nitrogen and oxygen atoms in total. The van der Waals surface area contributed by atoms with Crippen LogP contribution in [0.3, 0.4) is 0 Å². The minimum absolute atomic E-state index is 0.0425. The number of amides is 1. The smallest absolute Gasteiger partial charge is 0.279 e. The number of rotatable bonds is 0. The molecule has 1 saturated carbocycles. The zero-order valence-electron chi connectivity index (χ0n) is 9.94. The van der Waals surface area contributed by atoms with Gasteiger partial charge in [-0.3, -0.25) is 14.6 Å². The molecule has 0 aromatic rings. The number of nitrogens with zero attached hydrogens (tertiary/aromatic N) is 3. The number of fused-ring (bicyclic) bond motifs is 1. The number of nitrogens with two attached hydrogens (primary N) is 2. The maximum absolute atomic E-state index is 11.8. The van der Waals surface area contributed by atoms with Crippen LogP contribution in [0.1, 0.15) is 25.7 Å². The zero-order valence-corrected chi connectivity index (χ0v) is 9.94. The molecule has 3 rings (SSSR count). The lowest BCUT2D eigenvalue weighted by atomic mass is 9.99. The van der Waals surface area contributed by atoms with Crippen molar-refractivity contribution in [1.82, 2.24) is 9.80 Å². The van der Waals surface area contributed by atoms with Gasteiger partial charge in [0.15, 0.2) is 0 Å². The van der Waals surface area contributed by atoms with E-state index in [9.17, 15) is 4.79 Å². The number of hydrogen-bond donors (Lipinski definition) is 2. The van der Waals surface area contributed by atoms with E-state index in [4.69, 9.17) is 16.5 Å². The molecule has 3 aliphatic rings. The highest BCUT2D eigenvalue weighted by Gasteiger charge is 2.46. The molecular formula is C11H17N5O. The van der Waals surface area contributed by atoms with Gasteiger partial charge in [0.05, 0.1) is 12.1 Å². The van der Waals surface area contributed by atoms with Crippen LogP contribution in [0.5, 0.6) is 0 Å². The first-order valence-electron chi connectivity index (χ1n) is 5.95. The van der Waals surface area contributed by atoms with Crippen molar-refractivity contribution in [3.63, 3.8) is 0 Å². The molecule has 1 aliphatic carbocycles. The molecule has 4 N–H and O–H groups in total. The maximum Gasteiger partial charge on any atom is 0.279 e. The predicted octanol–water partition coefficient (Wildman–Crippen LogP) is -0.471. The molecule has 2 aliphatic heterocycles. The lowest BCUT2D eigenvalue weighted by molar-refractivity contribution is -0.123. The van der Waals surface area contributed by atoms with E-state index in [0.717, 1.165) is 19.4 Å². The second-order valence-corrected chi connectivity index (χ2v) is 5.09. The molecule has 1 fully saturated rings. The molecule has 0 aromatic carbocycles. The van der Waals surface area contributed by atoms with Crippen LogP contribution < -0.4 is 11.5 Å². The monoisotopic (exact) mass is 235 g/mol. The molecule has 6 heteroatoms. The third-order valence-electron chi connectivity index (χ3n) is 3.97. The van der Waals surface area contributed by atoms with Crippen molar-refractivity contribution in [3.05, 3.63) is 11.5 Å². The van der Waals surface area contributed by atoms with E-state index in [0.29, 0.717) is 11.8 Å². The van der Waals surface area contributed by atoms with E-state index >= 15 is 0 Å². The van der Waals surface area contributed by atoms with Gasteiger partial charge in [0.1, 0.15) is 11.5 Å². The summed E-state index contributed by atoms with van der Waals surface area (Å²) in [6.07, 6.45) is 4.53. The van der Waals surface area contributed by atoms with Crippen molar-refractivity contribution in [3.8, 4) is 0 Å². The second kappa shape index (κ2) is 3.15. The normalized spacial score (nSPS) is 26.9. The third-order valence-corrected chi connectivity index (χ3v) is 3.97. The van der Waals surface area contributed by atoms with Crippen LogP contribution in [-0.2, 0) is 4.79 Å². The lowest BCUT2D eigenvalue weighted by Gasteiger charge is -2.32. The van der Waals surface area contributed by atoms with Gasteiger partial charge in [0, 0.05) is 7.05 Å². The summed E-state index contributed by atoms with van der Waals surface area (Å²) in [4.78, 5) is 19.9. The molecule has 0 radical (unpaired) electrons. The van der Waals surface area contributed by atoms with Crippen LogP contribution in [-0.4, -0.2) is 40.8 Å². The van der Waals surface area contributed by atoms with Gasteiger partial charge >= 0.3 is 0 Å².